The van der Waals surface area contributed by atoms with Crippen LogP contribution in [0.2, 0.25) is 0 Å². The Morgan fingerprint density at radius 3 is 3.04 bits per heavy atom. The number of benzene rings is 1. The third kappa shape index (κ3) is 3.04. The minimum absolute atomic E-state index is 0.0715. The summed E-state index contributed by atoms with van der Waals surface area (Å²) in [6, 6.07) is 7.75. The smallest absolute Gasteiger partial charge is 0.289 e. The molecule has 0 spiro atoms. The molecule has 1 amide bonds. The minimum atomic E-state index is -0.0715. The predicted octanol–water partition coefficient (Wildman–Crippen LogP) is 3.71. The largest absolute Gasteiger partial charge is 0.451 e. The molecule has 4 rings (SSSR count). The van der Waals surface area contributed by atoms with Gasteiger partial charge in [0.25, 0.3) is 5.91 Å². The van der Waals surface area contributed by atoms with Gasteiger partial charge in [-0.15, -0.1) is 0 Å². The summed E-state index contributed by atoms with van der Waals surface area (Å²) in [4.78, 5) is 19.1. The highest BCUT2D eigenvalue weighted by Gasteiger charge is 2.29. The number of likely N-dealkylation sites (tertiary alicyclic amines) is 1. The van der Waals surface area contributed by atoms with Crippen LogP contribution in [0, 0.1) is 6.92 Å². The highest BCUT2D eigenvalue weighted by molar-refractivity contribution is 5.96. The fourth-order valence-electron chi connectivity index (χ4n) is 3.37. The summed E-state index contributed by atoms with van der Waals surface area (Å²) < 4.78 is 11.0. The van der Waals surface area contributed by atoms with E-state index in [0.717, 1.165) is 42.3 Å². The summed E-state index contributed by atoms with van der Waals surface area (Å²) >= 11 is 0. The lowest BCUT2D eigenvalue weighted by molar-refractivity contribution is 0.0674. The summed E-state index contributed by atoms with van der Waals surface area (Å²) in [5, 5.41) is 5.03. The molecule has 6 heteroatoms. The van der Waals surface area contributed by atoms with Gasteiger partial charge in [0, 0.05) is 30.8 Å². The molecule has 2 aromatic heterocycles. The number of carbonyl (C=O) groups excluding carboxylic acids is 1. The van der Waals surface area contributed by atoms with Gasteiger partial charge in [-0.3, -0.25) is 4.79 Å². The summed E-state index contributed by atoms with van der Waals surface area (Å²) in [6.07, 6.45) is 2.61. The Labute approximate surface area is 145 Å². The molecule has 1 saturated heterocycles. The Hall–Kier alpha value is -2.63. The normalized spacial score (nSPS) is 18.0. The zero-order chi connectivity index (χ0) is 17.4. The molecule has 0 unspecified atom stereocenters. The Morgan fingerprint density at radius 2 is 2.24 bits per heavy atom. The number of furan rings is 1. The van der Waals surface area contributed by atoms with Gasteiger partial charge in [-0.1, -0.05) is 23.7 Å². The standard InChI is InChI=1S/C19H21N3O3/c1-3-17-20-18(21-25-17)13-5-4-8-22(11-13)19(23)16-10-14-9-12(2)6-7-15(14)24-16/h6-7,9-10,13H,3-5,8,11H2,1-2H3/t13-/m0/s1. The lowest BCUT2D eigenvalue weighted by atomic mass is 9.97. The quantitative estimate of drug-likeness (QED) is 0.727. The van der Waals surface area contributed by atoms with Crippen LogP contribution in [0.1, 0.15) is 53.5 Å². The third-order valence-corrected chi connectivity index (χ3v) is 4.74. The first kappa shape index (κ1) is 15.9. The van der Waals surface area contributed by atoms with Crippen LogP contribution in [0.15, 0.2) is 33.2 Å². The highest BCUT2D eigenvalue weighted by Crippen LogP contribution is 2.27. The predicted molar refractivity (Wildman–Crippen MR) is 92.5 cm³/mol. The third-order valence-electron chi connectivity index (χ3n) is 4.74. The van der Waals surface area contributed by atoms with Crippen LogP contribution in [-0.2, 0) is 6.42 Å². The number of hydrogen-bond donors (Lipinski definition) is 0. The van der Waals surface area contributed by atoms with Crippen molar-refractivity contribution < 1.29 is 13.7 Å². The van der Waals surface area contributed by atoms with Crippen molar-refractivity contribution in [3.63, 3.8) is 0 Å². The molecule has 0 N–H and O–H groups in total. The van der Waals surface area contributed by atoms with E-state index in [2.05, 4.69) is 10.1 Å². The number of carbonyl (C=O) groups is 1. The summed E-state index contributed by atoms with van der Waals surface area (Å²) in [5.74, 6) is 1.79. The van der Waals surface area contributed by atoms with Crippen LogP contribution in [0.5, 0.6) is 0 Å². The summed E-state index contributed by atoms with van der Waals surface area (Å²) in [6.45, 7) is 5.33. The monoisotopic (exact) mass is 339 g/mol. The molecular weight excluding hydrogens is 318 g/mol. The van der Waals surface area contributed by atoms with Crippen molar-refractivity contribution in [3.8, 4) is 0 Å². The summed E-state index contributed by atoms with van der Waals surface area (Å²) in [5.41, 5.74) is 1.89. The maximum Gasteiger partial charge on any atom is 0.289 e. The molecule has 1 aliphatic rings. The van der Waals surface area contributed by atoms with E-state index in [0.29, 0.717) is 24.0 Å². The molecule has 0 aliphatic carbocycles. The van der Waals surface area contributed by atoms with Gasteiger partial charge in [-0.25, -0.2) is 0 Å². The number of piperidine rings is 1. The molecule has 130 valence electrons. The van der Waals surface area contributed by atoms with Crippen molar-refractivity contribution in [2.24, 2.45) is 0 Å². The Bertz CT molecular complexity index is 912. The second kappa shape index (κ2) is 6.35. The molecule has 3 aromatic rings. The van der Waals surface area contributed by atoms with E-state index in [1.807, 2.05) is 43.0 Å². The van der Waals surface area contributed by atoms with Crippen LogP contribution in [-0.4, -0.2) is 34.0 Å². The molecule has 0 saturated carbocycles. The van der Waals surface area contributed by atoms with Gasteiger partial charge in [0.15, 0.2) is 11.6 Å². The molecule has 0 radical (unpaired) electrons. The molecule has 1 atom stereocenters. The Morgan fingerprint density at radius 1 is 1.36 bits per heavy atom. The van der Waals surface area contributed by atoms with Crippen molar-refractivity contribution in [1.29, 1.82) is 0 Å². The van der Waals surface area contributed by atoms with E-state index in [-0.39, 0.29) is 11.8 Å². The van der Waals surface area contributed by atoms with Crippen LogP contribution < -0.4 is 0 Å². The van der Waals surface area contributed by atoms with E-state index < -0.39 is 0 Å². The Balaban J connectivity index is 1.54. The first-order valence-corrected chi connectivity index (χ1v) is 8.76. The fraction of sp³-hybridized carbons (Fsp3) is 0.421. The average molecular weight is 339 g/mol. The molecule has 1 aliphatic heterocycles. The first-order chi connectivity index (χ1) is 12.1. The van der Waals surface area contributed by atoms with Crippen molar-refractivity contribution >= 4 is 16.9 Å². The minimum Gasteiger partial charge on any atom is -0.451 e. The van der Waals surface area contributed by atoms with Crippen molar-refractivity contribution in [2.45, 2.75) is 39.0 Å². The second-order valence-corrected chi connectivity index (χ2v) is 6.64. The maximum atomic E-state index is 12.9. The van der Waals surface area contributed by atoms with Gasteiger partial charge < -0.3 is 13.8 Å². The highest BCUT2D eigenvalue weighted by atomic mass is 16.5. The van der Waals surface area contributed by atoms with Gasteiger partial charge in [-0.2, -0.15) is 4.98 Å². The van der Waals surface area contributed by atoms with Crippen molar-refractivity contribution in [3.05, 3.63) is 47.3 Å². The number of hydrogen-bond acceptors (Lipinski definition) is 5. The van der Waals surface area contributed by atoms with Crippen molar-refractivity contribution in [2.75, 3.05) is 13.1 Å². The first-order valence-electron chi connectivity index (χ1n) is 8.76. The number of aryl methyl sites for hydroxylation is 2. The van der Waals surface area contributed by atoms with E-state index in [9.17, 15) is 4.79 Å². The molecule has 3 heterocycles. The van der Waals surface area contributed by atoms with Gasteiger partial charge in [0.2, 0.25) is 5.89 Å². The zero-order valence-corrected chi connectivity index (χ0v) is 14.5. The number of amides is 1. The molecule has 0 bridgehead atoms. The van der Waals surface area contributed by atoms with Crippen LogP contribution >= 0.6 is 0 Å². The molecular formula is C19H21N3O3. The van der Waals surface area contributed by atoms with Gasteiger partial charge in [0.05, 0.1) is 0 Å². The van der Waals surface area contributed by atoms with E-state index >= 15 is 0 Å². The summed E-state index contributed by atoms with van der Waals surface area (Å²) in [7, 11) is 0. The topological polar surface area (TPSA) is 72.4 Å². The molecule has 25 heavy (non-hydrogen) atoms. The number of aromatic nitrogens is 2. The maximum absolute atomic E-state index is 12.9. The molecule has 6 nitrogen and oxygen atoms in total. The van der Waals surface area contributed by atoms with E-state index in [4.69, 9.17) is 8.94 Å². The lowest BCUT2D eigenvalue weighted by Gasteiger charge is -2.30. The van der Waals surface area contributed by atoms with Gasteiger partial charge >= 0.3 is 0 Å². The van der Waals surface area contributed by atoms with Crippen LogP contribution in [0.3, 0.4) is 0 Å². The number of rotatable bonds is 3. The second-order valence-electron chi connectivity index (χ2n) is 6.64. The molecule has 1 aromatic carbocycles. The zero-order valence-electron chi connectivity index (χ0n) is 14.5. The number of nitrogens with zero attached hydrogens (tertiary/aromatic N) is 3. The number of fused-ring (bicyclic) bond motifs is 1. The Kier molecular flexibility index (Phi) is 4.03. The van der Waals surface area contributed by atoms with Crippen LogP contribution in [0.4, 0.5) is 0 Å². The van der Waals surface area contributed by atoms with Gasteiger partial charge in [0.1, 0.15) is 5.58 Å². The fourth-order valence-corrected chi connectivity index (χ4v) is 3.37. The van der Waals surface area contributed by atoms with E-state index in [1.165, 1.54) is 0 Å². The average Bonchev–Trinajstić information content (AvgIpc) is 3.27. The van der Waals surface area contributed by atoms with E-state index in [1.54, 1.807) is 0 Å². The SMILES string of the molecule is CCc1nc([C@H]2CCCN(C(=O)c3cc4cc(C)ccc4o3)C2)no1. The van der Waals surface area contributed by atoms with Crippen molar-refractivity contribution in [1.82, 2.24) is 15.0 Å². The van der Waals surface area contributed by atoms with Crippen LogP contribution in [0.25, 0.3) is 11.0 Å². The molecule has 1 fully saturated rings. The van der Waals surface area contributed by atoms with Gasteiger partial charge in [-0.05, 0) is 38.0 Å². The lowest BCUT2D eigenvalue weighted by Crippen LogP contribution is -2.39.